The predicted molar refractivity (Wildman–Crippen MR) is 89.1 cm³/mol. The predicted octanol–water partition coefficient (Wildman–Crippen LogP) is 3.34. The molecule has 0 saturated carbocycles. The van der Waals surface area contributed by atoms with Gasteiger partial charge in [-0.3, -0.25) is 9.59 Å². The molecule has 5 nitrogen and oxygen atoms in total. The van der Waals surface area contributed by atoms with Crippen LogP contribution in [0, 0.1) is 6.92 Å². The van der Waals surface area contributed by atoms with Crippen LogP contribution in [0.1, 0.15) is 5.56 Å². The van der Waals surface area contributed by atoms with Crippen LogP contribution in [0.2, 0.25) is 0 Å². The van der Waals surface area contributed by atoms with Crippen molar-refractivity contribution in [2.45, 2.75) is 6.92 Å². The molecular formula is C16H15BrN2O3. The molecule has 22 heavy (non-hydrogen) atoms. The maximum absolute atomic E-state index is 11.9. The van der Waals surface area contributed by atoms with Crippen molar-refractivity contribution < 1.29 is 14.3 Å². The number of benzene rings is 2. The molecule has 0 saturated heterocycles. The molecule has 2 amide bonds. The number of hydrogen-bond acceptors (Lipinski definition) is 3. The molecule has 0 heterocycles. The summed E-state index contributed by atoms with van der Waals surface area (Å²) in [4.78, 5) is 23.9. The van der Waals surface area contributed by atoms with E-state index < -0.39 is 11.8 Å². The van der Waals surface area contributed by atoms with Crippen LogP contribution >= 0.6 is 15.9 Å². The van der Waals surface area contributed by atoms with E-state index in [-0.39, 0.29) is 0 Å². The van der Waals surface area contributed by atoms with Crippen molar-refractivity contribution in [1.29, 1.82) is 0 Å². The molecule has 2 aromatic rings. The highest BCUT2D eigenvalue weighted by Crippen LogP contribution is 2.23. The first kappa shape index (κ1) is 16.0. The molecule has 2 N–H and O–H groups in total. The summed E-state index contributed by atoms with van der Waals surface area (Å²) < 4.78 is 6.06. The highest BCUT2D eigenvalue weighted by molar-refractivity contribution is 9.10. The van der Waals surface area contributed by atoms with Crippen LogP contribution in [-0.4, -0.2) is 18.9 Å². The van der Waals surface area contributed by atoms with Crippen molar-refractivity contribution in [2.75, 3.05) is 17.7 Å². The van der Waals surface area contributed by atoms with Crippen LogP contribution in [0.5, 0.6) is 5.75 Å². The monoisotopic (exact) mass is 362 g/mol. The summed E-state index contributed by atoms with van der Waals surface area (Å²) in [6.45, 7) is 1.90. The summed E-state index contributed by atoms with van der Waals surface area (Å²) >= 11 is 3.38. The van der Waals surface area contributed by atoms with E-state index in [1.807, 2.05) is 13.0 Å². The van der Waals surface area contributed by atoms with E-state index >= 15 is 0 Å². The fourth-order valence-electron chi connectivity index (χ4n) is 1.84. The van der Waals surface area contributed by atoms with Crippen molar-refractivity contribution in [3.8, 4) is 5.75 Å². The summed E-state index contributed by atoms with van der Waals surface area (Å²) in [6.07, 6.45) is 0. The Bertz CT molecular complexity index is 716. The standard InChI is InChI=1S/C16H15BrN2O3/c1-10-9-11(7-8-12(10)17)18-15(20)16(21)19-13-5-3-4-6-14(13)22-2/h3-9H,1-2H3,(H,18,20)(H,19,21). The van der Waals surface area contributed by atoms with Crippen LogP contribution in [0.15, 0.2) is 46.9 Å². The largest absolute Gasteiger partial charge is 0.495 e. The number of methoxy groups -OCH3 is 1. The number of carbonyl (C=O) groups is 2. The molecule has 0 atom stereocenters. The molecule has 6 heteroatoms. The Labute approximate surface area is 136 Å². The number of carbonyl (C=O) groups excluding carboxylic acids is 2. The first-order chi connectivity index (χ1) is 10.5. The molecule has 0 aliphatic rings. The lowest BCUT2D eigenvalue weighted by Gasteiger charge is -2.10. The molecular weight excluding hydrogens is 348 g/mol. The van der Waals surface area contributed by atoms with Crippen LogP contribution in [-0.2, 0) is 9.59 Å². The van der Waals surface area contributed by atoms with E-state index in [4.69, 9.17) is 4.74 Å². The number of rotatable bonds is 3. The maximum atomic E-state index is 11.9. The zero-order valence-electron chi connectivity index (χ0n) is 12.1. The Kier molecular flexibility index (Phi) is 5.16. The first-order valence-corrected chi connectivity index (χ1v) is 7.32. The van der Waals surface area contributed by atoms with E-state index in [0.29, 0.717) is 17.1 Å². The van der Waals surface area contributed by atoms with Crippen molar-refractivity contribution in [3.63, 3.8) is 0 Å². The third kappa shape index (κ3) is 3.85. The molecule has 0 fully saturated rings. The fraction of sp³-hybridized carbons (Fsp3) is 0.125. The van der Waals surface area contributed by atoms with E-state index in [0.717, 1.165) is 10.0 Å². The van der Waals surface area contributed by atoms with Crippen molar-refractivity contribution in [2.24, 2.45) is 0 Å². The molecule has 0 aliphatic carbocycles. The van der Waals surface area contributed by atoms with Crippen LogP contribution < -0.4 is 15.4 Å². The SMILES string of the molecule is COc1ccccc1NC(=O)C(=O)Nc1ccc(Br)c(C)c1. The highest BCUT2D eigenvalue weighted by atomic mass is 79.9. The number of nitrogens with one attached hydrogen (secondary N) is 2. The lowest BCUT2D eigenvalue weighted by atomic mass is 10.2. The number of para-hydroxylation sites is 2. The third-order valence-electron chi connectivity index (χ3n) is 2.98. The van der Waals surface area contributed by atoms with Gasteiger partial charge in [-0.1, -0.05) is 28.1 Å². The smallest absolute Gasteiger partial charge is 0.314 e. The minimum absolute atomic E-state index is 0.442. The molecule has 0 unspecified atom stereocenters. The van der Waals surface area contributed by atoms with E-state index in [2.05, 4.69) is 26.6 Å². The Morgan fingerprint density at radius 3 is 2.41 bits per heavy atom. The Morgan fingerprint density at radius 1 is 1.05 bits per heavy atom. The van der Waals surface area contributed by atoms with Gasteiger partial charge in [-0.15, -0.1) is 0 Å². The Hall–Kier alpha value is -2.34. The molecule has 0 radical (unpaired) electrons. The molecule has 0 bridgehead atoms. The normalized spacial score (nSPS) is 9.95. The van der Waals surface area contributed by atoms with Gasteiger partial charge in [-0.2, -0.15) is 0 Å². The number of ether oxygens (including phenoxy) is 1. The van der Waals surface area contributed by atoms with Gasteiger partial charge in [-0.05, 0) is 42.8 Å². The van der Waals surface area contributed by atoms with Crippen LogP contribution in [0.4, 0.5) is 11.4 Å². The molecule has 2 rings (SSSR count). The molecule has 0 aliphatic heterocycles. The number of aryl methyl sites for hydroxylation is 1. The maximum Gasteiger partial charge on any atom is 0.314 e. The summed E-state index contributed by atoms with van der Waals surface area (Å²) in [6, 6.07) is 12.2. The van der Waals surface area contributed by atoms with E-state index in [1.54, 1.807) is 36.4 Å². The lowest BCUT2D eigenvalue weighted by Crippen LogP contribution is -2.29. The van der Waals surface area contributed by atoms with Crippen molar-refractivity contribution in [3.05, 3.63) is 52.5 Å². The Morgan fingerprint density at radius 2 is 1.73 bits per heavy atom. The van der Waals surface area contributed by atoms with Crippen molar-refractivity contribution >= 4 is 39.1 Å². The second-order valence-corrected chi connectivity index (χ2v) is 5.43. The van der Waals surface area contributed by atoms with Gasteiger partial charge in [0.1, 0.15) is 5.75 Å². The fourth-order valence-corrected chi connectivity index (χ4v) is 2.08. The second-order valence-electron chi connectivity index (χ2n) is 4.57. The third-order valence-corrected chi connectivity index (χ3v) is 3.87. The average molecular weight is 363 g/mol. The van der Waals surface area contributed by atoms with Crippen LogP contribution in [0.25, 0.3) is 0 Å². The number of halogens is 1. The zero-order chi connectivity index (χ0) is 16.1. The van der Waals surface area contributed by atoms with E-state index in [1.165, 1.54) is 7.11 Å². The summed E-state index contributed by atoms with van der Waals surface area (Å²) in [7, 11) is 1.50. The number of amides is 2. The minimum atomic E-state index is -0.759. The van der Waals surface area contributed by atoms with Gasteiger partial charge in [0.15, 0.2) is 0 Å². The van der Waals surface area contributed by atoms with Gasteiger partial charge < -0.3 is 15.4 Å². The highest BCUT2D eigenvalue weighted by Gasteiger charge is 2.16. The van der Waals surface area contributed by atoms with Gasteiger partial charge in [0.25, 0.3) is 0 Å². The van der Waals surface area contributed by atoms with Crippen molar-refractivity contribution in [1.82, 2.24) is 0 Å². The molecule has 2 aromatic carbocycles. The van der Waals surface area contributed by atoms with Gasteiger partial charge >= 0.3 is 11.8 Å². The second kappa shape index (κ2) is 7.09. The first-order valence-electron chi connectivity index (χ1n) is 6.52. The number of hydrogen-bond donors (Lipinski definition) is 2. The summed E-state index contributed by atoms with van der Waals surface area (Å²) in [5, 5.41) is 5.08. The quantitative estimate of drug-likeness (QED) is 0.822. The molecule has 114 valence electrons. The Balaban J connectivity index is 2.06. The topological polar surface area (TPSA) is 67.4 Å². The molecule has 0 aromatic heterocycles. The van der Waals surface area contributed by atoms with E-state index in [9.17, 15) is 9.59 Å². The summed E-state index contributed by atoms with van der Waals surface area (Å²) in [5.41, 5.74) is 1.96. The van der Waals surface area contributed by atoms with Crippen LogP contribution in [0.3, 0.4) is 0 Å². The molecule has 0 spiro atoms. The zero-order valence-corrected chi connectivity index (χ0v) is 13.7. The van der Waals surface area contributed by atoms with Gasteiger partial charge in [-0.25, -0.2) is 0 Å². The van der Waals surface area contributed by atoms with Gasteiger partial charge in [0.2, 0.25) is 0 Å². The van der Waals surface area contributed by atoms with Gasteiger partial charge in [0, 0.05) is 10.2 Å². The average Bonchev–Trinajstić information content (AvgIpc) is 2.51. The number of anilines is 2. The lowest BCUT2D eigenvalue weighted by molar-refractivity contribution is -0.133. The minimum Gasteiger partial charge on any atom is -0.495 e. The summed E-state index contributed by atoms with van der Waals surface area (Å²) in [5.74, 6) is -1.01. The van der Waals surface area contributed by atoms with Gasteiger partial charge in [0.05, 0.1) is 12.8 Å².